The summed E-state index contributed by atoms with van der Waals surface area (Å²) >= 11 is 19.0. The molecule has 0 aliphatic carbocycles. The SMILES string of the molecule is CC(C)(C)c1ccc(CCNC(=O)c2ccc3nc(-c4c(Cl)cccc4Cl)[nH]c3c2)cc1.Cc1ccc(NC(=O)c2ccc3nc(-c4c(C)cccc4Cl)[nH]c3c2)cc1C. The molecule has 0 aliphatic heterocycles. The van der Waals surface area contributed by atoms with Crippen molar-refractivity contribution in [1.82, 2.24) is 25.3 Å². The van der Waals surface area contributed by atoms with E-state index in [2.05, 4.69) is 75.6 Å². The first-order chi connectivity index (χ1) is 28.6. The zero-order valence-corrected chi connectivity index (χ0v) is 36.5. The molecular formula is C49H45Cl3N6O2. The van der Waals surface area contributed by atoms with Gasteiger partial charge in [0, 0.05) is 28.9 Å². The van der Waals surface area contributed by atoms with E-state index in [1.165, 1.54) is 16.7 Å². The van der Waals surface area contributed by atoms with Gasteiger partial charge < -0.3 is 20.6 Å². The lowest BCUT2D eigenvalue weighted by Crippen LogP contribution is -2.25. The minimum absolute atomic E-state index is 0.120. The van der Waals surface area contributed by atoms with Gasteiger partial charge in [-0.1, -0.05) is 104 Å². The Hall–Kier alpha value is -5.93. The van der Waals surface area contributed by atoms with Crippen LogP contribution in [0.2, 0.25) is 15.1 Å². The summed E-state index contributed by atoms with van der Waals surface area (Å²) in [6, 6.07) is 36.4. The van der Waals surface area contributed by atoms with Crippen LogP contribution in [0.5, 0.6) is 0 Å². The molecule has 0 saturated heterocycles. The second-order valence-corrected chi connectivity index (χ2v) is 17.1. The number of halogens is 3. The Balaban J connectivity index is 0.000000183. The number of benzene rings is 6. The number of aromatic amines is 2. The molecule has 2 heterocycles. The van der Waals surface area contributed by atoms with Crippen LogP contribution in [0.1, 0.15) is 69.3 Å². The number of rotatable bonds is 8. The number of aryl methyl sites for hydroxylation is 3. The topological polar surface area (TPSA) is 116 Å². The number of carbonyl (C=O) groups excluding carboxylic acids is 2. The van der Waals surface area contributed by atoms with E-state index in [-0.39, 0.29) is 17.2 Å². The number of nitrogens with zero attached hydrogens (tertiary/aromatic N) is 2. The lowest BCUT2D eigenvalue weighted by atomic mass is 9.86. The summed E-state index contributed by atoms with van der Waals surface area (Å²) in [5.74, 6) is 0.997. The van der Waals surface area contributed by atoms with E-state index in [1.54, 1.807) is 36.4 Å². The van der Waals surface area contributed by atoms with Crippen molar-refractivity contribution >= 4 is 74.4 Å². The van der Waals surface area contributed by atoms with E-state index in [0.29, 0.717) is 50.0 Å². The van der Waals surface area contributed by atoms with Crippen LogP contribution < -0.4 is 10.6 Å². The van der Waals surface area contributed by atoms with Crippen LogP contribution in [0.4, 0.5) is 5.69 Å². The van der Waals surface area contributed by atoms with E-state index < -0.39 is 0 Å². The third-order valence-corrected chi connectivity index (χ3v) is 11.4. The second-order valence-electron chi connectivity index (χ2n) is 15.9. The molecule has 0 spiro atoms. The minimum Gasteiger partial charge on any atom is -0.352 e. The maximum absolute atomic E-state index is 12.7. The smallest absolute Gasteiger partial charge is 0.255 e. The number of carbonyl (C=O) groups is 2. The molecule has 8 rings (SSSR count). The van der Waals surface area contributed by atoms with Crippen molar-refractivity contribution in [3.05, 3.63) is 169 Å². The molecule has 0 atom stereocenters. The fraction of sp³-hybridized carbons (Fsp3) is 0.184. The maximum Gasteiger partial charge on any atom is 0.255 e. The van der Waals surface area contributed by atoms with Crippen molar-refractivity contribution in [2.45, 2.75) is 53.4 Å². The molecule has 2 amide bonds. The number of imidazole rings is 2. The molecule has 11 heteroatoms. The molecule has 0 unspecified atom stereocenters. The maximum atomic E-state index is 12.7. The molecule has 0 bridgehead atoms. The van der Waals surface area contributed by atoms with Crippen LogP contribution >= 0.6 is 34.8 Å². The van der Waals surface area contributed by atoms with Crippen molar-refractivity contribution in [2.24, 2.45) is 0 Å². The fourth-order valence-electron chi connectivity index (χ4n) is 6.81. The van der Waals surface area contributed by atoms with Crippen molar-refractivity contribution < 1.29 is 9.59 Å². The summed E-state index contributed by atoms with van der Waals surface area (Å²) in [7, 11) is 0. The van der Waals surface area contributed by atoms with Crippen molar-refractivity contribution in [2.75, 3.05) is 11.9 Å². The van der Waals surface area contributed by atoms with Gasteiger partial charge in [0.15, 0.2) is 0 Å². The highest BCUT2D eigenvalue weighted by atomic mass is 35.5. The van der Waals surface area contributed by atoms with Crippen LogP contribution in [0.3, 0.4) is 0 Å². The van der Waals surface area contributed by atoms with Crippen molar-refractivity contribution in [3.63, 3.8) is 0 Å². The van der Waals surface area contributed by atoms with E-state index in [0.717, 1.165) is 50.9 Å². The summed E-state index contributed by atoms with van der Waals surface area (Å²) < 4.78 is 0. The number of hydrogen-bond donors (Lipinski definition) is 4. The predicted molar refractivity (Wildman–Crippen MR) is 248 cm³/mol. The Morgan fingerprint density at radius 2 is 1.15 bits per heavy atom. The highest BCUT2D eigenvalue weighted by molar-refractivity contribution is 6.39. The molecule has 0 saturated carbocycles. The second kappa shape index (κ2) is 17.7. The van der Waals surface area contributed by atoms with Crippen LogP contribution in [0.25, 0.3) is 44.8 Å². The zero-order chi connectivity index (χ0) is 42.7. The van der Waals surface area contributed by atoms with Gasteiger partial charge in [0.05, 0.1) is 42.7 Å². The van der Waals surface area contributed by atoms with Gasteiger partial charge in [-0.15, -0.1) is 0 Å². The first-order valence-corrected chi connectivity index (χ1v) is 20.7. The van der Waals surface area contributed by atoms with Crippen molar-refractivity contribution in [1.29, 1.82) is 0 Å². The van der Waals surface area contributed by atoms with E-state index in [1.807, 2.05) is 75.4 Å². The third-order valence-electron chi connectivity index (χ3n) is 10.4. The Morgan fingerprint density at radius 3 is 1.72 bits per heavy atom. The fourth-order valence-corrected chi connectivity index (χ4v) is 7.70. The standard InChI is InChI=1S/C26H25Cl2N3O.C23H20ClN3O/c1-26(2,3)18-10-7-16(8-11-18)13-14-29-25(32)17-9-12-21-22(15-17)31-24(30-21)23-19(27)5-4-6-20(23)28;1-13-7-9-17(11-15(13)3)25-23(28)16-8-10-19-20(12-16)27-22(26-19)21-14(2)5-4-6-18(21)24/h4-12,15H,13-14H2,1-3H3,(H,29,32)(H,30,31);4-12H,1-3H3,(H,25,28)(H,26,27). The normalized spacial score (nSPS) is 11.3. The number of amides is 2. The number of fused-ring (bicyclic) bond motifs is 2. The van der Waals surface area contributed by atoms with Gasteiger partial charge in [-0.25, -0.2) is 9.97 Å². The number of hydrogen-bond acceptors (Lipinski definition) is 4. The molecule has 8 aromatic rings. The average Bonchev–Trinajstić information content (AvgIpc) is 3.83. The summed E-state index contributed by atoms with van der Waals surface area (Å²) in [5.41, 5.74) is 12.5. The molecule has 60 heavy (non-hydrogen) atoms. The van der Waals surface area contributed by atoms with Crippen molar-refractivity contribution in [3.8, 4) is 22.8 Å². The van der Waals surface area contributed by atoms with Gasteiger partial charge in [-0.2, -0.15) is 0 Å². The Labute approximate surface area is 364 Å². The molecule has 0 fully saturated rings. The van der Waals surface area contributed by atoms with Gasteiger partial charge in [-0.05, 0) is 127 Å². The summed E-state index contributed by atoms with van der Waals surface area (Å²) in [6.45, 7) is 13.2. The molecule has 0 radical (unpaired) electrons. The molecule has 6 aromatic carbocycles. The molecule has 4 N–H and O–H groups in total. The number of aromatic nitrogens is 4. The van der Waals surface area contributed by atoms with E-state index in [9.17, 15) is 9.59 Å². The van der Waals surface area contributed by atoms with Crippen LogP contribution in [0.15, 0.2) is 115 Å². The number of anilines is 1. The van der Waals surface area contributed by atoms with E-state index in [4.69, 9.17) is 34.8 Å². The highest BCUT2D eigenvalue weighted by Gasteiger charge is 2.17. The van der Waals surface area contributed by atoms with Gasteiger partial charge >= 0.3 is 0 Å². The molecule has 304 valence electrons. The minimum atomic E-state index is -0.157. The number of nitrogens with one attached hydrogen (secondary N) is 4. The highest BCUT2D eigenvalue weighted by Crippen LogP contribution is 2.34. The third kappa shape index (κ3) is 9.58. The molecule has 0 aliphatic rings. The first kappa shape index (κ1) is 42.2. The predicted octanol–water partition coefficient (Wildman–Crippen LogP) is 12.9. The summed E-state index contributed by atoms with van der Waals surface area (Å²) in [6.07, 6.45) is 0.775. The lowest BCUT2D eigenvalue weighted by Gasteiger charge is -2.19. The van der Waals surface area contributed by atoms with E-state index >= 15 is 0 Å². The Morgan fingerprint density at radius 1 is 0.600 bits per heavy atom. The van der Waals surface area contributed by atoms with Gasteiger partial charge in [-0.3, -0.25) is 9.59 Å². The summed E-state index contributed by atoms with van der Waals surface area (Å²) in [4.78, 5) is 41.1. The first-order valence-electron chi connectivity index (χ1n) is 19.6. The lowest BCUT2D eigenvalue weighted by molar-refractivity contribution is 0.0953. The largest absolute Gasteiger partial charge is 0.352 e. The Kier molecular flexibility index (Phi) is 12.5. The molecule has 2 aromatic heterocycles. The van der Waals surface area contributed by atoms with Crippen LogP contribution in [-0.2, 0) is 11.8 Å². The molecule has 8 nitrogen and oxygen atoms in total. The molecular weight excluding hydrogens is 811 g/mol. The average molecular weight is 856 g/mol. The van der Waals surface area contributed by atoms with Crippen LogP contribution in [0, 0.1) is 20.8 Å². The Bertz CT molecular complexity index is 2830. The summed E-state index contributed by atoms with van der Waals surface area (Å²) in [5, 5.41) is 7.63. The van der Waals surface area contributed by atoms with Gasteiger partial charge in [0.1, 0.15) is 11.6 Å². The van der Waals surface area contributed by atoms with Gasteiger partial charge in [0.2, 0.25) is 0 Å². The van der Waals surface area contributed by atoms with Crippen LogP contribution in [-0.4, -0.2) is 38.3 Å². The quantitative estimate of drug-likeness (QED) is 0.122. The number of H-pyrrole nitrogens is 2. The van der Waals surface area contributed by atoms with Gasteiger partial charge in [0.25, 0.3) is 11.8 Å². The zero-order valence-electron chi connectivity index (χ0n) is 34.2. The monoisotopic (exact) mass is 854 g/mol.